The molecule has 6 nitrogen and oxygen atoms in total. The average Bonchev–Trinajstić information content (AvgIpc) is 2.56. The summed E-state index contributed by atoms with van der Waals surface area (Å²) in [5.74, 6) is -1.18. The maximum atomic E-state index is 12.7. The van der Waals surface area contributed by atoms with Gasteiger partial charge < -0.3 is 10.4 Å². The van der Waals surface area contributed by atoms with Crippen molar-refractivity contribution in [3.63, 3.8) is 0 Å². The first-order valence-corrected chi connectivity index (χ1v) is 10.5. The largest absolute Gasteiger partial charge is 0.478 e. The minimum absolute atomic E-state index is 0.0372. The Bertz CT molecular complexity index is 726. The molecule has 1 aromatic carbocycles. The van der Waals surface area contributed by atoms with E-state index in [1.807, 2.05) is 0 Å². The first-order valence-electron chi connectivity index (χ1n) is 8.64. The summed E-state index contributed by atoms with van der Waals surface area (Å²) < 4.78 is 26.7. The second-order valence-corrected chi connectivity index (χ2v) is 8.52. The average molecular weight is 389 g/mol. The molecular weight excluding hydrogens is 364 g/mol. The highest BCUT2D eigenvalue weighted by Crippen LogP contribution is 2.32. The first kappa shape index (κ1) is 20.0. The van der Waals surface area contributed by atoms with Crippen molar-refractivity contribution in [3.8, 4) is 0 Å². The molecule has 0 saturated heterocycles. The van der Waals surface area contributed by atoms with Crippen molar-refractivity contribution >= 4 is 33.3 Å². The van der Waals surface area contributed by atoms with Gasteiger partial charge in [-0.1, -0.05) is 44.7 Å². The van der Waals surface area contributed by atoms with E-state index in [-0.39, 0.29) is 21.5 Å². The summed E-state index contributed by atoms with van der Waals surface area (Å²) in [7, 11) is -3.83. The van der Waals surface area contributed by atoms with Crippen molar-refractivity contribution in [2.45, 2.75) is 56.9 Å². The SMILES string of the molecule is CCN(CC)S(=O)(=O)c1cc(C(=O)O)c(NC2CCCCC2)cc1Cl. The van der Waals surface area contributed by atoms with E-state index in [4.69, 9.17) is 11.6 Å². The van der Waals surface area contributed by atoms with Crippen LogP contribution in [0.5, 0.6) is 0 Å². The van der Waals surface area contributed by atoms with E-state index < -0.39 is 16.0 Å². The molecule has 1 fully saturated rings. The Hall–Kier alpha value is -1.31. The van der Waals surface area contributed by atoms with Crippen LogP contribution < -0.4 is 5.32 Å². The summed E-state index contributed by atoms with van der Waals surface area (Å²) >= 11 is 6.23. The topological polar surface area (TPSA) is 86.7 Å². The van der Waals surface area contributed by atoms with Crippen molar-refractivity contribution < 1.29 is 18.3 Å². The highest BCUT2D eigenvalue weighted by atomic mass is 35.5. The van der Waals surface area contributed by atoms with E-state index in [9.17, 15) is 18.3 Å². The zero-order chi connectivity index (χ0) is 18.6. The highest BCUT2D eigenvalue weighted by Gasteiger charge is 2.28. The third-order valence-corrected chi connectivity index (χ3v) is 7.11. The normalized spacial score (nSPS) is 16.2. The van der Waals surface area contributed by atoms with Crippen molar-refractivity contribution in [2.75, 3.05) is 18.4 Å². The Balaban J connectivity index is 2.44. The lowest BCUT2D eigenvalue weighted by atomic mass is 9.95. The number of halogens is 1. The number of hydrogen-bond acceptors (Lipinski definition) is 4. The third-order valence-electron chi connectivity index (χ3n) is 4.59. The van der Waals surface area contributed by atoms with Crippen LogP contribution in [0.1, 0.15) is 56.3 Å². The number of anilines is 1. The standard InChI is InChI=1S/C17H25ClN2O4S/c1-3-20(4-2)25(23,24)16-10-13(17(21)22)15(11-14(16)18)19-12-8-6-5-7-9-12/h10-12,19H,3-9H2,1-2H3,(H,21,22). The third kappa shape index (κ3) is 4.46. The lowest BCUT2D eigenvalue weighted by Crippen LogP contribution is -2.31. The molecule has 0 spiro atoms. The number of nitrogens with zero attached hydrogens (tertiary/aromatic N) is 1. The van der Waals surface area contributed by atoms with Gasteiger partial charge in [0.1, 0.15) is 4.90 Å². The second kappa shape index (κ2) is 8.38. The van der Waals surface area contributed by atoms with Gasteiger partial charge in [-0.3, -0.25) is 0 Å². The number of hydrogen-bond donors (Lipinski definition) is 2. The maximum Gasteiger partial charge on any atom is 0.337 e. The number of carboxylic acid groups (broad SMARTS) is 1. The molecular formula is C17H25ClN2O4S. The van der Waals surface area contributed by atoms with Gasteiger partial charge in [0.25, 0.3) is 0 Å². The molecule has 140 valence electrons. The van der Waals surface area contributed by atoms with E-state index in [2.05, 4.69) is 5.32 Å². The van der Waals surface area contributed by atoms with Gasteiger partial charge in [-0.2, -0.15) is 4.31 Å². The number of rotatable bonds is 7. The van der Waals surface area contributed by atoms with Crippen LogP contribution in [0.25, 0.3) is 0 Å². The van der Waals surface area contributed by atoms with E-state index in [1.165, 1.54) is 22.9 Å². The van der Waals surface area contributed by atoms with Gasteiger partial charge in [0.05, 0.1) is 16.3 Å². The molecule has 1 aromatic rings. The lowest BCUT2D eigenvalue weighted by molar-refractivity contribution is 0.0697. The molecule has 1 saturated carbocycles. The Kier molecular flexibility index (Phi) is 6.71. The van der Waals surface area contributed by atoms with Crippen LogP contribution >= 0.6 is 11.6 Å². The van der Waals surface area contributed by atoms with Gasteiger partial charge in [0, 0.05) is 19.1 Å². The Labute approximate surface area is 154 Å². The van der Waals surface area contributed by atoms with Crippen molar-refractivity contribution in [1.82, 2.24) is 4.31 Å². The molecule has 0 aliphatic heterocycles. The quantitative estimate of drug-likeness (QED) is 0.741. The molecule has 2 N–H and O–H groups in total. The Morgan fingerprint density at radius 3 is 2.36 bits per heavy atom. The lowest BCUT2D eigenvalue weighted by Gasteiger charge is -2.25. The first-order chi connectivity index (χ1) is 11.8. The zero-order valence-corrected chi connectivity index (χ0v) is 16.2. The fourth-order valence-electron chi connectivity index (χ4n) is 3.22. The van der Waals surface area contributed by atoms with Gasteiger partial charge in [0.15, 0.2) is 0 Å². The molecule has 0 amide bonds. The molecule has 1 aliphatic rings. The molecule has 0 aromatic heterocycles. The molecule has 0 heterocycles. The van der Waals surface area contributed by atoms with Gasteiger partial charge in [-0.15, -0.1) is 0 Å². The molecule has 1 aliphatic carbocycles. The summed E-state index contributed by atoms with van der Waals surface area (Å²) in [5, 5.41) is 12.8. The van der Waals surface area contributed by atoms with E-state index >= 15 is 0 Å². The number of aromatic carboxylic acids is 1. The molecule has 8 heteroatoms. The fraction of sp³-hybridized carbons (Fsp3) is 0.588. The molecule has 25 heavy (non-hydrogen) atoms. The van der Waals surface area contributed by atoms with Gasteiger partial charge in [-0.25, -0.2) is 13.2 Å². The van der Waals surface area contributed by atoms with Crippen molar-refractivity contribution in [2.24, 2.45) is 0 Å². The second-order valence-electron chi connectivity index (χ2n) is 6.20. The van der Waals surface area contributed by atoms with Gasteiger partial charge >= 0.3 is 5.97 Å². The maximum absolute atomic E-state index is 12.7. The van der Waals surface area contributed by atoms with E-state index in [0.717, 1.165) is 25.7 Å². The minimum Gasteiger partial charge on any atom is -0.478 e. The van der Waals surface area contributed by atoms with Crippen LogP contribution in [-0.4, -0.2) is 42.9 Å². The van der Waals surface area contributed by atoms with E-state index in [0.29, 0.717) is 18.8 Å². The zero-order valence-electron chi connectivity index (χ0n) is 14.6. The van der Waals surface area contributed by atoms with Crippen molar-refractivity contribution in [1.29, 1.82) is 0 Å². The summed E-state index contributed by atoms with van der Waals surface area (Å²) in [4.78, 5) is 11.5. The Morgan fingerprint density at radius 2 is 1.84 bits per heavy atom. The molecule has 0 unspecified atom stereocenters. The predicted octanol–water partition coefficient (Wildman–Crippen LogP) is 3.81. The molecule has 0 bridgehead atoms. The predicted molar refractivity (Wildman–Crippen MR) is 99.0 cm³/mol. The van der Waals surface area contributed by atoms with Gasteiger partial charge in [0.2, 0.25) is 10.0 Å². The van der Waals surface area contributed by atoms with Crippen LogP contribution in [0.4, 0.5) is 5.69 Å². The molecule has 2 rings (SSSR count). The van der Waals surface area contributed by atoms with Crippen LogP contribution in [0.3, 0.4) is 0 Å². The number of carbonyl (C=O) groups is 1. The van der Waals surface area contributed by atoms with Crippen LogP contribution in [0.2, 0.25) is 5.02 Å². The molecule has 0 radical (unpaired) electrons. The van der Waals surface area contributed by atoms with Crippen LogP contribution in [-0.2, 0) is 10.0 Å². The molecule has 0 atom stereocenters. The number of sulfonamides is 1. The monoisotopic (exact) mass is 388 g/mol. The smallest absolute Gasteiger partial charge is 0.337 e. The summed E-state index contributed by atoms with van der Waals surface area (Å²) in [6.45, 7) is 4.04. The Morgan fingerprint density at radius 1 is 1.24 bits per heavy atom. The van der Waals surface area contributed by atoms with Crippen molar-refractivity contribution in [3.05, 3.63) is 22.7 Å². The minimum atomic E-state index is -3.83. The van der Waals surface area contributed by atoms with Crippen LogP contribution in [0, 0.1) is 0 Å². The number of nitrogens with one attached hydrogen (secondary N) is 1. The summed E-state index contributed by atoms with van der Waals surface area (Å²) in [6.07, 6.45) is 5.32. The number of benzene rings is 1. The fourth-order valence-corrected chi connectivity index (χ4v) is 5.20. The van der Waals surface area contributed by atoms with E-state index in [1.54, 1.807) is 13.8 Å². The van der Waals surface area contributed by atoms with Gasteiger partial charge in [-0.05, 0) is 25.0 Å². The summed E-state index contributed by atoms with van der Waals surface area (Å²) in [5.41, 5.74) is 0.309. The number of carboxylic acids is 1. The summed E-state index contributed by atoms with van der Waals surface area (Å²) in [6, 6.07) is 2.78. The van der Waals surface area contributed by atoms with Crippen LogP contribution in [0.15, 0.2) is 17.0 Å². The highest BCUT2D eigenvalue weighted by molar-refractivity contribution is 7.89.